The Labute approximate surface area is 89.0 Å². The van der Waals surface area contributed by atoms with E-state index in [4.69, 9.17) is 0 Å². The van der Waals surface area contributed by atoms with Crippen molar-refractivity contribution >= 4 is 17.5 Å². The van der Waals surface area contributed by atoms with Crippen LogP contribution in [0.1, 0.15) is 39.0 Å². The van der Waals surface area contributed by atoms with Crippen molar-refractivity contribution in [2.24, 2.45) is 5.41 Å². The monoisotopic (exact) mass is 212 g/mol. The quantitative estimate of drug-likeness (QED) is 0.520. The van der Waals surface area contributed by atoms with E-state index < -0.39 is 5.41 Å². The number of hydrogen-bond donors (Lipinski definition) is 0. The number of ketones is 2. The highest BCUT2D eigenvalue weighted by Gasteiger charge is 2.45. The van der Waals surface area contributed by atoms with E-state index in [1.54, 1.807) is 0 Å². The van der Waals surface area contributed by atoms with Crippen molar-refractivity contribution in [3.63, 3.8) is 0 Å². The maximum atomic E-state index is 11.7. The summed E-state index contributed by atoms with van der Waals surface area (Å²) in [5.74, 6) is -0.497. The third-order valence-electron chi connectivity index (χ3n) is 3.20. The molecule has 4 heteroatoms. The fraction of sp³-hybridized carbons (Fsp3) is 0.727. The molecular formula is C11H16O4. The summed E-state index contributed by atoms with van der Waals surface area (Å²) in [6, 6.07) is 0. The predicted octanol–water partition coefficient (Wildman–Crippen LogP) is 1.27. The molecule has 0 saturated heterocycles. The SMILES string of the molecule is COC(=O)CCC1(C(C)=O)CCCC1=O. The standard InChI is InChI=1S/C11H16O4/c1-8(12)11(6-3-4-9(11)13)7-5-10(14)15-2/h3-7H2,1-2H3. The largest absolute Gasteiger partial charge is 0.469 e. The minimum Gasteiger partial charge on any atom is -0.469 e. The molecule has 0 aromatic carbocycles. The van der Waals surface area contributed by atoms with E-state index in [0.29, 0.717) is 19.3 Å². The summed E-state index contributed by atoms with van der Waals surface area (Å²) in [6.45, 7) is 1.43. The van der Waals surface area contributed by atoms with Crippen molar-refractivity contribution in [3.8, 4) is 0 Å². The van der Waals surface area contributed by atoms with Gasteiger partial charge in [0.05, 0.1) is 12.5 Å². The Morgan fingerprint density at radius 2 is 2.13 bits per heavy atom. The van der Waals surface area contributed by atoms with Gasteiger partial charge < -0.3 is 4.74 Å². The maximum absolute atomic E-state index is 11.7. The van der Waals surface area contributed by atoms with E-state index in [1.165, 1.54) is 14.0 Å². The fourth-order valence-electron chi connectivity index (χ4n) is 2.16. The van der Waals surface area contributed by atoms with Crippen LogP contribution >= 0.6 is 0 Å². The van der Waals surface area contributed by atoms with Gasteiger partial charge in [-0.3, -0.25) is 14.4 Å². The molecule has 0 aromatic rings. The van der Waals surface area contributed by atoms with Crippen LogP contribution in [-0.4, -0.2) is 24.6 Å². The summed E-state index contributed by atoms with van der Waals surface area (Å²) >= 11 is 0. The first-order chi connectivity index (χ1) is 7.03. The Balaban J connectivity index is 2.71. The highest BCUT2D eigenvalue weighted by molar-refractivity contribution is 6.07. The Hall–Kier alpha value is -1.19. The number of ether oxygens (including phenoxy) is 1. The second-order valence-electron chi connectivity index (χ2n) is 3.99. The molecule has 15 heavy (non-hydrogen) atoms. The van der Waals surface area contributed by atoms with E-state index >= 15 is 0 Å². The van der Waals surface area contributed by atoms with Gasteiger partial charge in [0.15, 0.2) is 0 Å². The molecule has 0 radical (unpaired) electrons. The molecular weight excluding hydrogens is 196 g/mol. The fourth-order valence-corrected chi connectivity index (χ4v) is 2.16. The van der Waals surface area contributed by atoms with Gasteiger partial charge in [-0.2, -0.15) is 0 Å². The molecule has 1 saturated carbocycles. The summed E-state index contributed by atoms with van der Waals surface area (Å²) in [6.07, 6.45) is 2.23. The molecule has 0 N–H and O–H groups in total. The zero-order valence-electron chi connectivity index (χ0n) is 9.17. The van der Waals surface area contributed by atoms with Gasteiger partial charge in [0.25, 0.3) is 0 Å². The van der Waals surface area contributed by atoms with Crippen LogP contribution in [0.2, 0.25) is 0 Å². The van der Waals surface area contributed by atoms with Crippen molar-refractivity contribution in [2.45, 2.75) is 39.0 Å². The van der Waals surface area contributed by atoms with Crippen LogP contribution in [0, 0.1) is 5.41 Å². The highest BCUT2D eigenvalue weighted by atomic mass is 16.5. The lowest BCUT2D eigenvalue weighted by Crippen LogP contribution is -2.34. The molecule has 1 aliphatic rings. The van der Waals surface area contributed by atoms with Gasteiger partial charge in [-0.25, -0.2) is 0 Å². The Kier molecular flexibility index (Phi) is 3.61. The van der Waals surface area contributed by atoms with Crippen molar-refractivity contribution < 1.29 is 19.1 Å². The first kappa shape index (κ1) is 11.9. The lowest BCUT2D eigenvalue weighted by atomic mass is 9.77. The lowest BCUT2D eigenvalue weighted by Gasteiger charge is -2.23. The van der Waals surface area contributed by atoms with Gasteiger partial charge in [-0.1, -0.05) is 0 Å². The summed E-state index contributed by atoms with van der Waals surface area (Å²) in [5.41, 5.74) is -0.895. The molecule has 0 bridgehead atoms. The molecule has 0 heterocycles. The van der Waals surface area contributed by atoms with Gasteiger partial charge in [0, 0.05) is 12.8 Å². The molecule has 1 rings (SSSR count). The van der Waals surface area contributed by atoms with Crippen LogP contribution < -0.4 is 0 Å². The van der Waals surface area contributed by atoms with E-state index in [9.17, 15) is 14.4 Å². The van der Waals surface area contributed by atoms with E-state index in [0.717, 1.165) is 6.42 Å². The van der Waals surface area contributed by atoms with Crippen LogP contribution in [0.4, 0.5) is 0 Å². The van der Waals surface area contributed by atoms with Crippen molar-refractivity contribution in [3.05, 3.63) is 0 Å². The van der Waals surface area contributed by atoms with Gasteiger partial charge in [-0.15, -0.1) is 0 Å². The summed E-state index contributed by atoms with van der Waals surface area (Å²) < 4.78 is 4.51. The second kappa shape index (κ2) is 4.55. The summed E-state index contributed by atoms with van der Waals surface area (Å²) in [7, 11) is 1.30. The molecule has 1 unspecified atom stereocenters. The molecule has 0 spiro atoms. The van der Waals surface area contributed by atoms with E-state index in [2.05, 4.69) is 4.74 Å². The molecule has 1 atom stereocenters. The lowest BCUT2D eigenvalue weighted by molar-refractivity contribution is -0.143. The van der Waals surface area contributed by atoms with Crippen molar-refractivity contribution in [1.82, 2.24) is 0 Å². The van der Waals surface area contributed by atoms with E-state index in [-0.39, 0.29) is 24.0 Å². The second-order valence-corrected chi connectivity index (χ2v) is 3.99. The number of rotatable bonds is 4. The average Bonchev–Trinajstić information content (AvgIpc) is 2.57. The topological polar surface area (TPSA) is 60.4 Å². The first-order valence-corrected chi connectivity index (χ1v) is 5.14. The molecule has 1 fully saturated rings. The van der Waals surface area contributed by atoms with Crippen LogP contribution in [0.3, 0.4) is 0 Å². The molecule has 84 valence electrons. The van der Waals surface area contributed by atoms with Gasteiger partial charge in [0.1, 0.15) is 11.6 Å². The van der Waals surface area contributed by atoms with E-state index in [1.807, 2.05) is 0 Å². The van der Waals surface area contributed by atoms with Crippen LogP contribution in [-0.2, 0) is 19.1 Å². The Bertz CT molecular complexity index is 295. The third kappa shape index (κ3) is 2.25. The normalized spacial score (nSPS) is 25.3. The zero-order valence-corrected chi connectivity index (χ0v) is 9.17. The minimum atomic E-state index is -0.895. The molecule has 0 aliphatic heterocycles. The van der Waals surface area contributed by atoms with Crippen molar-refractivity contribution in [2.75, 3.05) is 7.11 Å². The number of esters is 1. The van der Waals surface area contributed by atoms with Gasteiger partial charge >= 0.3 is 5.97 Å². The smallest absolute Gasteiger partial charge is 0.305 e. The van der Waals surface area contributed by atoms with Crippen LogP contribution in [0.5, 0.6) is 0 Å². The Morgan fingerprint density at radius 3 is 2.53 bits per heavy atom. The average molecular weight is 212 g/mol. The molecule has 0 amide bonds. The third-order valence-corrected chi connectivity index (χ3v) is 3.20. The molecule has 1 aliphatic carbocycles. The minimum absolute atomic E-state index is 0.0149. The number of Topliss-reactive ketones (excluding diaryl/α,β-unsaturated/α-hetero) is 2. The zero-order chi connectivity index (χ0) is 11.5. The van der Waals surface area contributed by atoms with Crippen LogP contribution in [0.25, 0.3) is 0 Å². The highest BCUT2D eigenvalue weighted by Crippen LogP contribution is 2.39. The number of methoxy groups -OCH3 is 1. The maximum Gasteiger partial charge on any atom is 0.305 e. The predicted molar refractivity (Wildman–Crippen MR) is 53.2 cm³/mol. The number of carbonyl (C=O) groups is 3. The summed E-state index contributed by atoms with van der Waals surface area (Å²) in [5, 5.41) is 0. The van der Waals surface area contributed by atoms with Crippen LogP contribution in [0.15, 0.2) is 0 Å². The number of carbonyl (C=O) groups excluding carboxylic acids is 3. The number of hydrogen-bond acceptors (Lipinski definition) is 4. The van der Waals surface area contributed by atoms with Gasteiger partial charge in [0.2, 0.25) is 0 Å². The Morgan fingerprint density at radius 1 is 1.47 bits per heavy atom. The van der Waals surface area contributed by atoms with Gasteiger partial charge in [-0.05, 0) is 26.2 Å². The first-order valence-electron chi connectivity index (χ1n) is 5.14. The van der Waals surface area contributed by atoms with Crippen molar-refractivity contribution in [1.29, 1.82) is 0 Å². The molecule has 4 nitrogen and oxygen atoms in total. The summed E-state index contributed by atoms with van der Waals surface area (Å²) in [4.78, 5) is 34.2. The molecule has 0 aromatic heterocycles.